The molecule has 23 heavy (non-hydrogen) atoms. The van der Waals surface area contributed by atoms with Gasteiger partial charge in [0.1, 0.15) is 0 Å². The average molecular weight is 323 g/mol. The number of carbonyl (C=O) groups is 2. The van der Waals surface area contributed by atoms with Crippen molar-refractivity contribution in [1.82, 2.24) is 10.6 Å². The number of carbonyl (C=O) groups excluding carboxylic acids is 2. The zero-order valence-corrected chi connectivity index (χ0v) is 13.2. The Hall–Kier alpha value is -2.28. The van der Waals surface area contributed by atoms with Gasteiger partial charge in [-0.15, -0.1) is 0 Å². The molecule has 0 bridgehead atoms. The minimum absolute atomic E-state index is 0.0297. The van der Waals surface area contributed by atoms with Crippen LogP contribution in [0.3, 0.4) is 0 Å². The Bertz CT molecular complexity index is 520. The fourth-order valence-electron chi connectivity index (χ4n) is 2.03. The van der Waals surface area contributed by atoms with Gasteiger partial charge in [0.25, 0.3) is 0 Å². The number of unbranched alkanes of at least 4 members (excludes halogenated alkanes) is 2. The smallest absolute Gasteiger partial charge is 0.224 e. The molecule has 2 amide bonds. The summed E-state index contributed by atoms with van der Waals surface area (Å²) in [6.45, 7) is 1.55. The van der Waals surface area contributed by atoms with Crippen LogP contribution in [0.2, 0.25) is 0 Å². The molecule has 0 aliphatic rings. The maximum atomic E-state index is 11.7. The number of amides is 2. The summed E-state index contributed by atoms with van der Waals surface area (Å²) in [5.74, 6) is -0.594. The van der Waals surface area contributed by atoms with Gasteiger partial charge in [-0.3, -0.25) is 9.59 Å². The Morgan fingerprint density at radius 1 is 0.957 bits per heavy atom. The SMILES string of the molecule is NCCC(=O)NCCCCCNC(=O)Cc1ccc(O)c(O)c1. The summed E-state index contributed by atoms with van der Waals surface area (Å²) < 4.78 is 0. The van der Waals surface area contributed by atoms with Crippen LogP contribution in [-0.4, -0.2) is 41.7 Å². The summed E-state index contributed by atoms with van der Waals surface area (Å²) in [6.07, 6.45) is 3.10. The minimum atomic E-state index is -0.230. The second kappa shape index (κ2) is 10.4. The number of nitrogens with one attached hydrogen (secondary N) is 2. The van der Waals surface area contributed by atoms with Gasteiger partial charge >= 0.3 is 0 Å². The molecule has 0 saturated heterocycles. The van der Waals surface area contributed by atoms with Gasteiger partial charge in [0.05, 0.1) is 6.42 Å². The Balaban J connectivity index is 2.08. The molecule has 1 aromatic carbocycles. The third-order valence-electron chi connectivity index (χ3n) is 3.27. The summed E-state index contributed by atoms with van der Waals surface area (Å²) >= 11 is 0. The fourth-order valence-corrected chi connectivity index (χ4v) is 2.03. The van der Waals surface area contributed by atoms with Crippen molar-refractivity contribution in [2.75, 3.05) is 19.6 Å². The highest BCUT2D eigenvalue weighted by Crippen LogP contribution is 2.24. The first-order chi connectivity index (χ1) is 11.0. The van der Waals surface area contributed by atoms with E-state index in [1.165, 1.54) is 12.1 Å². The predicted molar refractivity (Wildman–Crippen MR) is 87.0 cm³/mol. The molecule has 7 heteroatoms. The molecule has 0 unspecified atom stereocenters. The molecule has 0 atom stereocenters. The van der Waals surface area contributed by atoms with Crippen LogP contribution in [0.4, 0.5) is 0 Å². The lowest BCUT2D eigenvalue weighted by atomic mass is 10.1. The van der Waals surface area contributed by atoms with Gasteiger partial charge in [0, 0.05) is 26.1 Å². The van der Waals surface area contributed by atoms with E-state index in [2.05, 4.69) is 10.6 Å². The van der Waals surface area contributed by atoms with E-state index in [1.807, 2.05) is 0 Å². The highest BCUT2D eigenvalue weighted by Gasteiger charge is 2.06. The van der Waals surface area contributed by atoms with Crippen LogP contribution in [0.5, 0.6) is 11.5 Å². The van der Waals surface area contributed by atoms with Gasteiger partial charge < -0.3 is 26.6 Å². The van der Waals surface area contributed by atoms with Crippen LogP contribution in [-0.2, 0) is 16.0 Å². The van der Waals surface area contributed by atoms with Crippen molar-refractivity contribution in [1.29, 1.82) is 0 Å². The number of phenols is 2. The van der Waals surface area contributed by atoms with Gasteiger partial charge in [0.15, 0.2) is 11.5 Å². The van der Waals surface area contributed by atoms with E-state index in [9.17, 15) is 19.8 Å². The molecular formula is C16H25N3O4. The summed E-state index contributed by atoms with van der Waals surface area (Å²) in [7, 11) is 0. The van der Waals surface area contributed by atoms with Crippen molar-refractivity contribution < 1.29 is 19.8 Å². The molecule has 0 heterocycles. The van der Waals surface area contributed by atoms with E-state index >= 15 is 0 Å². The van der Waals surface area contributed by atoms with Gasteiger partial charge in [-0.2, -0.15) is 0 Å². The number of rotatable bonds is 10. The van der Waals surface area contributed by atoms with Crippen LogP contribution >= 0.6 is 0 Å². The Morgan fingerprint density at radius 2 is 1.61 bits per heavy atom. The number of benzene rings is 1. The molecule has 0 saturated carbocycles. The lowest BCUT2D eigenvalue weighted by molar-refractivity contribution is -0.121. The highest BCUT2D eigenvalue weighted by molar-refractivity contribution is 5.78. The quantitative estimate of drug-likeness (QED) is 0.315. The van der Waals surface area contributed by atoms with E-state index in [4.69, 9.17) is 5.73 Å². The fraction of sp³-hybridized carbons (Fsp3) is 0.500. The number of phenolic OH excluding ortho intramolecular Hbond substituents is 2. The van der Waals surface area contributed by atoms with Crippen molar-refractivity contribution >= 4 is 11.8 Å². The van der Waals surface area contributed by atoms with Crippen molar-refractivity contribution in [2.45, 2.75) is 32.1 Å². The monoisotopic (exact) mass is 323 g/mol. The zero-order valence-electron chi connectivity index (χ0n) is 13.2. The van der Waals surface area contributed by atoms with Crippen molar-refractivity contribution in [3.05, 3.63) is 23.8 Å². The Labute approximate surface area is 135 Å². The predicted octanol–water partition coefficient (Wildman–Crippen LogP) is 0.392. The van der Waals surface area contributed by atoms with Gasteiger partial charge in [0.2, 0.25) is 11.8 Å². The first-order valence-electron chi connectivity index (χ1n) is 7.77. The van der Waals surface area contributed by atoms with E-state index in [1.54, 1.807) is 6.07 Å². The Kier molecular flexibility index (Phi) is 8.52. The highest BCUT2D eigenvalue weighted by atomic mass is 16.3. The lowest BCUT2D eigenvalue weighted by Gasteiger charge is -2.07. The maximum Gasteiger partial charge on any atom is 0.224 e. The van der Waals surface area contributed by atoms with Crippen LogP contribution in [0.15, 0.2) is 18.2 Å². The first-order valence-corrected chi connectivity index (χ1v) is 7.77. The number of hydrogen-bond donors (Lipinski definition) is 5. The number of nitrogens with two attached hydrogens (primary N) is 1. The van der Waals surface area contributed by atoms with Crippen LogP contribution in [0.1, 0.15) is 31.2 Å². The molecule has 1 aromatic rings. The molecule has 0 aliphatic carbocycles. The van der Waals surface area contributed by atoms with Crippen molar-refractivity contribution in [2.24, 2.45) is 5.73 Å². The van der Waals surface area contributed by atoms with Crippen molar-refractivity contribution in [3.8, 4) is 11.5 Å². The summed E-state index contributed by atoms with van der Waals surface area (Å²) in [5, 5.41) is 24.1. The molecular weight excluding hydrogens is 298 g/mol. The summed E-state index contributed by atoms with van der Waals surface area (Å²) in [5.41, 5.74) is 5.91. The van der Waals surface area contributed by atoms with Gasteiger partial charge in [-0.05, 0) is 37.0 Å². The molecule has 0 fully saturated rings. The van der Waals surface area contributed by atoms with E-state index in [0.717, 1.165) is 19.3 Å². The second-order valence-electron chi connectivity index (χ2n) is 5.30. The lowest BCUT2D eigenvalue weighted by Crippen LogP contribution is -2.27. The van der Waals surface area contributed by atoms with Crippen molar-refractivity contribution in [3.63, 3.8) is 0 Å². The van der Waals surface area contributed by atoms with E-state index < -0.39 is 0 Å². The molecule has 7 nitrogen and oxygen atoms in total. The molecule has 0 aromatic heterocycles. The molecule has 1 rings (SSSR count). The van der Waals surface area contributed by atoms with Crippen LogP contribution in [0, 0.1) is 0 Å². The topological polar surface area (TPSA) is 125 Å². The van der Waals surface area contributed by atoms with E-state index in [0.29, 0.717) is 31.6 Å². The number of aromatic hydroxyl groups is 2. The average Bonchev–Trinajstić information content (AvgIpc) is 2.50. The zero-order chi connectivity index (χ0) is 17.1. The third kappa shape index (κ3) is 8.06. The third-order valence-corrected chi connectivity index (χ3v) is 3.27. The first kappa shape index (κ1) is 18.8. The molecule has 128 valence electrons. The molecule has 0 aliphatic heterocycles. The Morgan fingerprint density at radius 3 is 2.22 bits per heavy atom. The second-order valence-corrected chi connectivity index (χ2v) is 5.30. The minimum Gasteiger partial charge on any atom is -0.504 e. The van der Waals surface area contributed by atoms with E-state index in [-0.39, 0.29) is 29.7 Å². The number of hydrogen-bond acceptors (Lipinski definition) is 5. The van der Waals surface area contributed by atoms with Crippen LogP contribution < -0.4 is 16.4 Å². The van der Waals surface area contributed by atoms with Gasteiger partial charge in [-0.1, -0.05) is 6.07 Å². The summed E-state index contributed by atoms with van der Waals surface area (Å²) in [6, 6.07) is 4.33. The normalized spacial score (nSPS) is 10.3. The summed E-state index contributed by atoms with van der Waals surface area (Å²) in [4.78, 5) is 22.9. The van der Waals surface area contributed by atoms with Crippen LogP contribution in [0.25, 0.3) is 0 Å². The largest absolute Gasteiger partial charge is 0.504 e. The maximum absolute atomic E-state index is 11.7. The molecule has 6 N–H and O–H groups in total. The standard InChI is InChI=1S/C16H25N3O4/c17-7-6-15(22)18-8-2-1-3-9-19-16(23)11-12-4-5-13(20)14(21)10-12/h4-5,10,20-21H,1-3,6-9,11,17H2,(H,18,22)(H,19,23). The molecule has 0 radical (unpaired) electrons. The molecule has 0 spiro atoms. The van der Waals surface area contributed by atoms with Gasteiger partial charge in [-0.25, -0.2) is 0 Å².